The van der Waals surface area contributed by atoms with E-state index in [0.29, 0.717) is 0 Å². The van der Waals surface area contributed by atoms with E-state index in [-0.39, 0.29) is 0 Å². The van der Waals surface area contributed by atoms with Crippen molar-refractivity contribution < 1.29 is 0 Å². The van der Waals surface area contributed by atoms with E-state index in [2.05, 4.69) is 46.4 Å². The molecule has 2 aromatic heterocycles. The second-order valence-corrected chi connectivity index (χ2v) is 5.48. The molecule has 0 saturated carbocycles. The molecule has 0 amide bonds. The van der Waals surface area contributed by atoms with E-state index in [1.165, 1.54) is 10.4 Å². The molecule has 98 valence electrons. The zero-order valence-corrected chi connectivity index (χ0v) is 12.2. The molecule has 0 radical (unpaired) electrons. The van der Waals surface area contributed by atoms with Crippen LogP contribution in [0.2, 0.25) is 0 Å². The lowest BCUT2D eigenvalue weighted by Crippen LogP contribution is -2.08. The Morgan fingerprint density at radius 1 is 1.39 bits per heavy atom. The van der Waals surface area contributed by atoms with Crippen LogP contribution >= 0.6 is 11.3 Å². The number of hydrogen-bond donors (Lipinski definition) is 1. The van der Waals surface area contributed by atoms with Crippen LogP contribution in [-0.2, 0) is 13.0 Å². The topological polar surface area (TPSA) is 29.9 Å². The number of rotatable bonds is 6. The lowest BCUT2D eigenvalue weighted by Gasteiger charge is -2.09. The van der Waals surface area contributed by atoms with Gasteiger partial charge >= 0.3 is 0 Å². The van der Waals surface area contributed by atoms with E-state index in [1.807, 2.05) is 18.3 Å². The lowest BCUT2D eigenvalue weighted by atomic mass is 10.2. The summed E-state index contributed by atoms with van der Waals surface area (Å²) < 4.78 is 2.22. The molecule has 0 spiro atoms. The quantitative estimate of drug-likeness (QED) is 0.861. The number of hydrogen-bond acceptors (Lipinski definition) is 3. The molecule has 0 aromatic carbocycles. The summed E-state index contributed by atoms with van der Waals surface area (Å²) in [6.45, 7) is 8.32. The third-order valence-corrected chi connectivity index (χ3v) is 3.91. The zero-order chi connectivity index (χ0) is 13.0. The maximum absolute atomic E-state index is 4.54. The number of imidazole rings is 1. The third-order valence-electron chi connectivity index (χ3n) is 2.96. The van der Waals surface area contributed by atoms with Gasteiger partial charge < -0.3 is 9.88 Å². The fraction of sp³-hybridized carbons (Fsp3) is 0.500. The Kier molecular flexibility index (Phi) is 4.42. The van der Waals surface area contributed by atoms with E-state index in [1.54, 1.807) is 0 Å². The van der Waals surface area contributed by atoms with E-state index in [4.69, 9.17) is 0 Å². The molecule has 18 heavy (non-hydrogen) atoms. The molecule has 0 aliphatic heterocycles. The molecule has 0 bridgehead atoms. The van der Waals surface area contributed by atoms with E-state index in [0.717, 1.165) is 37.6 Å². The monoisotopic (exact) mass is 263 g/mol. The molecule has 0 fully saturated rings. The van der Waals surface area contributed by atoms with Gasteiger partial charge in [-0.1, -0.05) is 13.8 Å². The van der Waals surface area contributed by atoms with Gasteiger partial charge in [-0.3, -0.25) is 0 Å². The molecule has 3 nitrogen and oxygen atoms in total. The Morgan fingerprint density at radius 3 is 2.94 bits per heavy atom. The van der Waals surface area contributed by atoms with Gasteiger partial charge in [-0.2, -0.15) is 0 Å². The standard InChI is InChI=1S/C14H21N3S/c1-4-7-15-14-16-11(3)9-17(14)10-13-12(5-2)6-8-18-13/h6,8-9H,4-5,7,10H2,1-3H3,(H,15,16). The second-order valence-electron chi connectivity index (χ2n) is 4.48. The largest absolute Gasteiger partial charge is 0.356 e. The number of anilines is 1. The Morgan fingerprint density at radius 2 is 2.22 bits per heavy atom. The molecule has 2 heterocycles. The van der Waals surface area contributed by atoms with Gasteiger partial charge in [0, 0.05) is 17.6 Å². The molecule has 0 unspecified atom stereocenters. The Balaban J connectivity index is 2.17. The minimum atomic E-state index is 0.924. The van der Waals surface area contributed by atoms with Gasteiger partial charge in [-0.15, -0.1) is 11.3 Å². The SMILES string of the molecule is CCCNc1nc(C)cn1Cc1sccc1CC. The van der Waals surface area contributed by atoms with Crippen molar-refractivity contribution in [2.45, 2.75) is 40.2 Å². The molecule has 2 aromatic rings. The van der Waals surface area contributed by atoms with Gasteiger partial charge in [0.25, 0.3) is 0 Å². The molecule has 0 atom stereocenters. The molecular formula is C14H21N3S. The van der Waals surface area contributed by atoms with Crippen molar-refractivity contribution in [2.75, 3.05) is 11.9 Å². The van der Waals surface area contributed by atoms with E-state index in [9.17, 15) is 0 Å². The maximum Gasteiger partial charge on any atom is 0.203 e. The van der Waals surface area contributed by atoms with Gasteiger partial charge in [0.2, 0.25) is 5.95 Å². The first-order chi connectivity index (χ1) is 8.74. The molecule has 2 rings (SSSR count). The number of nitrogens with one attached hydrogen (secondary N) is 1. The van der Waals surface area contributed by atoms with Crippen LogP contribution in [0.1, 0.15) is 36.4 Å². The summed E-state index contributed by atoms with van der Waals surface area (Å²) in [6, 6.07) is 2.23. The molecule has 0 saturated heterocycles. The zero-order valence-electron chi connectivity index (χ0n) is 11.4. The predicted molar refractivity (Wildman–Crippen MR) is 78.5 cm³/mol. The molecule has 0 aliphatic rings. The fourth-order valence-corrected chi connectivity index (χ4v) is 2.99. The summed E-state index contributed by atoms with van der Waals surface area (Å²) in [5, 5.41) is 5.57. The van der Waals surface area contributed by atoms with Crippen molar-refractivity contribution in [3.63, 3.8) is 0 Å². The molecule has 4 heteroatoms. The molecular weight excluding hydrogens is 242 g/mol. The summed E-state index contributed by atoms with van der Waals surface area (Å²) in [4.78, 5) is 5.98. The highest BCUT2D eigenvalue weighted by Crippen LogP contribution is 2.21. The van der Waals surface area contributed by atoms with E-state index < -0.39 is 0 Å². The number of nitrogens with zero attached hydrogens (tertiary/aromatic N) is 2. The smallest absolute Gasteiger partial charge is 0.203 e. The molecule has 0 aliphatic carbocycles. The summed E-state index contributed by atoms with van der Waals surface area (Å²) in [5.41, 5.74) is 2.52. The lowest BCUT2D eigenvalue weighted by molar-refractivity contribution is 0.796. The summed E-state index contributed by atoms with van der Waals surface area (Å²) in [7, 11) is 0. The minimum absolute atomic E-state index is 0.924. The predicted octanol–water partition coefficient (Wildman–Crippen LogP) is 3.69. The van der Waals surface area contributed by atoms with Crippen LogP contribution in [0.4, 0.5) is 5.95 Å². The highest BCUT2D eigenvalue weighted by atomic mass is 32.1. The first-order valence-corrected chi connectivity index (χ1v) is 7.45. The van der Waals surface area contributed by atoms with Crippen LogP contribution in [0.25, 0.3) is 0 Å². The van der Waals surface area contributed by atoms with Gasteiger partial charge in [-0.05, 0) is 36.8 Å². The Hall–Kier alpha value is -1.29. The normalized spacial score (nSPS) is 10.8. The summed E-state index contributed by atoms with van der Waals surface area (Å²) in [6.07, 6.45) is 4.34. The fourth-order valence-electron chi connectivity index (χ4n) is 2.02. The number of aromatic nitrogens is 2. The first-order valence-electron chi connectivity index (χ1n) is 6.57. The van der Waals surface area contributed by atoms with Crippen LogP contribution in [0.15, 0.2) is 17.6 Å². The van der Waals surface area contributed by atoms with Crippen LogP contribution in [0.3, 0.4) is 0 Å². The average molecular weight is 263 g/mol. The van der Waals surface area contributed by atoms with Crippen LogP contribution in [-0.4, -0.2) is 16.1 Å². The van der Waals surface area contributed by atoms with Gasteiger partial charge in [0.05, 0.1) is 12.2 Å². The van der Waals surface area contributed by atoms with Crippen LogP contribution < -0.4 is 5.32 Å². The highest BCUT2D eigenvalue weighted by molar-refractivity contribution is 7.10. The number of thiophene rings is 1. The van der Waals surface area contributed by atoms with Gasteiger partial charge in [0.1, 0.15) is 0 Å². The minimum Gasteiger partial charge on any atom is -0.356 e. The van der Waals surface area contributed by atoms with Crippen molar-refractivity contribution in [1.82, 2.24) is 9.55 Å². The maximum atomic E-state index is 4.54. The van der Waals surface area contributed by atoms with Crippen molar-refractivity contribution in [2.24, 2.45) is 0 Å². The highest BCUT2D eigenvalue weighted by Gasteiger charge is 2.08. The first kappa shape index (κ1) is 13.1. The van der Waals surface area contributed by atoms with Crippen molar-refractivity contribution in [1.29, 1.82) is 0 Å². The van der Waals surface area contributed by atoms with Gasteiger partial charge in [0.15, 0.2) is 0 Å². The van der Waals surface area contributed by atoms with Crippen molar-refractivity contribution >= 4 is 17.3 Å². The van der Waals surface area contributed by atoms with Gasteiger partial charge in [-0.25, -0.2) is 4.98 Å². The Bertz CT molecular complexity index is 499. The second kappa shape index (κ2) is 6.05. The van der Waals surface area contributed by atoms with Crippen molar-refractivity contribution in [3.05, 3.63) is 33.8 Å². The van der Waals surface area contributed by atoms with Crippen LogP contribution in [0, 0.1) is 6.92 Å². The summed E-state index contributed by atoms with van der Waals surface area (Å²) in [5.74, 6) is 0.991. The van der Waals surface area contributed by atoms with Crippen LogP contribution in [0.5, 0.6) is 0 Å². The molecule has 1 N–H and O–H groups in total. The average Bonchev–Trinajstić information content (AvgIpc) is 2.94. The number of aryl methyl sites for hydroxylation is 2. The Labute approximate surface area is 113 Å². The van der Waals surface area contributed by atoms with Crippen molar-refractivity contribution in [3.8, 4) is 0 Å². The summed E-state index contributed by atoms with van der Waals surface area (Å²) >= 11 is 1.83. The van der Waals surface area contributed by atoms with E-state index >= 15 is 0 Å². The third kappa shape index (κ3) is 2.93.